The zero-order valence-electron chi connectivity index (χ0n) is 17.0. The number of anilines is 1. The summed E-state index contributed by atoms with van der Waals surface area (Å²) < 4.78 is 15.6. The van der Waals surface area contributed by atoms with Gasteiger partial charge in [0, 0.05) is 24.0 Å². The van der Waals surface area contributed by atoms with Gasteiger partial charge in [-0.15, -0.1) is 0 Å². The van der Waals surface area contributed by atoms with E-state index in [1.165, 1.54) is 12.1 Å². The molecule has 1 aromatic heterocycles. The first kappa shape index (κ1) is 19.6. The molecule has 150 valence electrons. The molecule has 0 bridgehead atoms. The van der Waals surface area contributed by atoms with Crippen molar-refractivity contribution in [2.45, 2.75) is 13.3 Å². The molecule has 4 rings (SSSR count). The van der Waals surface area contributed by atoms with Gasteiger partial charge in [-0.05, 0) is 53.9 Å². The molecule has 0 spiro atoms. The minimum absolute atomic E-state index is 0.152. The minimum atomic E-state index is -0.285. The second-order valence-corrected chi connectivity index (χ2v) is 7.15. The number of nitrogens with one attached hydrogen (secondary N) is 1. The number of benzene rings is 3. The number of amides is 1. The smallest absolute Gasteiger partial charge is 0.258 e. The van der Waals surface area contributed by atoms with Crippen molar-refractivity contribution in [3.63, 3.8) is 0 Å². The lowest BCUT2D eigenvalue weighted by Gasteiger charge is -2.10. The summed E-state index contributed by atoms with van der Waals surface area (Å²) in [7, 11) is 1.96. The van der Waals surface area contributed by atoms with E-state index in [0.29, 0.717) is 12.0 Å². The third kappa shape index (κ3) is 3.64. The summed E-state index contributed by atoms with van der Waals surface area (Å²) in [5.74, 6) is -0.437. The van der Waals surface area contributed by atoms with Gasteiger partial charge < -0.3 is 9.88 Å². The Hall–Kier alpha value is -3.66. The number of carbonyl (C=O) groups is 1. The van der Waals surface area contributed by atoms with Gasteiger partial charge in [0.2, 0.25) is 0 Å². The van der Waals surface area contributed by atoms with Crippen molar-refractivity contribution in [3.05, 3.63) is 102 Å². The SMILES string of the molecule is CCc1c(C(=O)Nc2ccccc2)c(-c2ccccc2)c(-c2ccc(F)cc2)n1C. The maximum atomic E-state index is 13.6. The van der Waals surface area contributed by atoms with Crippen molar-refractivity contribution in [1.82, 2.24) is 4.57 Å². The van der Waals surface area contributed by atoms with Crippen molar-refractivity contribution in [3.8, 4) is 22.4 Å². The van der Waals surface area contributed by atoms with Crippen LogP contribution in [0.15, 0.2) is 84.9 Å². The summed E-state index contributed by atoms with van der Waals surface area (Å²) in [6, 6.07) is 25.7. The summed E-state index contributed by atoms with van der Waals surface area (Å²) in [6.07, 6.45) is 0.690. The summed E-state index contributed by atoms with van der Waals surface area (Å²) in [5.41, 5.74) is 5.90. The summed E-state index contributed by atoms with van der Waals surface area (Å²) in [5, 5.41) is 3.03. The quantitative estimate of drug-likeness (QED) is 0.420. The number of hydrogen-bond acceptors (Lipinski definition) is 1. The number of hydrogen-bond donors (Lipinski definition) is 1. The van der Waals surface area contributed by atoms with Crippen LogP contribution in [0.1, 0.15) is 23.0 Å². The second-order valence-electron chi connectivity index (χ2n) is 7.15. The van der Waals surface area contributed by atoms with Crippen LogP contribution < -0.4 is 5.32 Å². The zero-order valence-corrected chi connectivity index (χ0v) is 17.0. The normalized spacial score (nSPS) is 10.8. The third-order valence-corrected chi connectivity index (χ3v) is 5.29. The molecule has 3 aromatic carbocycles. The van der Waals surface area contributed by atoms with Crippen LogP contribution in [-0.4, -0.2) is 10.5 Å². The monoisotopic (exact) mass is 398 g/mol. The van der Waals surface area contributed by atoms with Crippen LogP contribution in [0.4, 0.5) is 10.1 Å². The Morgan fingerprint density at radius 1 is 0.867 bits per heavy atom. The number of nitrogens with zero attached hydrogens (tertiary/aromatic N) is 1. The molecule has 4 heteroatoms. The molecule has 3 nitrogen and oxygen atoms in total. The number of halogens is 1. The van der Waals surface area contributed by atoms with Crippen molar-refractivity contribution in [2.24, 2.45) is 7.05 Å². The average Bonchev–Trinajstić information content (AvgIpc) is 3.08. The van der Waals surface area contributed by atoms with Gasteiger partial charge in [0.1, 0.15) is 5.82 Å². The van der Waals surface area contributed by atoms with Crippen molar-refractivity contribution in [2.75, 3.05) is 5.32 Å². The molecular formula is C26H23FN2O. The molecule has 0 unspecified atom stereocenters. The first-order valence-corrected chi connectivity index (χ1v) is 9.99. The van der Waals surface area contributed by atoms with Crippen molar-refractivity contribution < 1.29 is 9.18 Å². The molecule has 0 saturated heterocycles. The van der Waals surface area contributed by atoms with E-state index in [0.717, 1.165) is 33.8 Å². The van der Waals surface area contributed by atoms with E-state index >= 15 is 0 Å². The van der Waals surface area contributed by atoms with Gasteiger partial charge in [-0.3, -0.25) is 4.79 Å². The Balaban J connectivity index is 1.95. The highest BCUT2D eigenvalue weighted by molar-refractivity contribution is 6.12. The van der Waals surface area contributed by atoms with E-state index in [4.69, 9.17) is 0 Å². The topological polar surface area (TPSA) is 34.0 Å². The second kappa shape index (κ2) is 8.37. The lowest BCUT2D eigenvalue weighted by atomic mass is 9.96. The highest BCUT2D eigenvalue weighted by atomic mass is 19.1. The molecule has 1 N–H and O–H groups in total. The van der Waals surface area contributed by atoms with E-state index in [1.54, 1.807) is 12.1 Å². The maximum absolute atomic E-state index is 13.6. The Kier molecular flexibility index (Phi) is 5.48. The lowest BCUT2D eigenvalue weighted by molar-refractivity contribution is 0.102. The highest BCUT2D eigenvalue weighted by Crippen LogP contribution is 2.39. The fraction of sp³-hybridized carbons (Fsp3) is 0.115. The standard InChI is InChI=1S/C26H23FN2O/c1-3-22-24(26(30)28-21-12-8-5-9-13-21)23(18-10-6-4-7-11-18)25(29(22)2)19-14-16-20(27)17-15-19/h4-17H,3H2,1-2H3,(H,28,30). The molecule has 0 aliphatic heterocycles. The molecule has 1 amide bonds. The molecule has 0 atom stereocenters. The fourth-order valence-electron chi connectivity index (χ4n) is 3.94. The van der Waals surface area contributed by atoms with Crippen molar-refractivity contribution in [1.29, 1.82) is 0 Å². The van der Waals surface area contributed by atoms with Crippen LogP contribution in [0.5, 0.6) is 0 Å². The van der Waals surface area contributed by atoms with E-state index in [9.17, 15) is 9.18 Å². The molecule has 30 heavy (non-hydrogen) atoms. The van der Waals surface area contributed by atoms with E-state index < -0.39 is 0 Å². The Morgan fingerprint density at radius 2 is 1.47 bits per heavy atom. The zero-order chi connectivity index (χ0) is 21.1. The van der Waals surface area contributed by atoms with Gasteiger partial charge in [0.25, 0.3) is 5.91 Å². The van der Waals surface area contributed by atoms with Crippen LogP contribution >= 0.6 is 0 Å². The first-order chi connectivity index (χ1) is 14.6. The molecule has 4 aromatic rings. The molecule has 0 saturated carbocycles. The average molecular weight is 398 g/mol. The van der Waals surface area contributed by atoms with Crippen LogP contribution in [0.2, 0.25) is 0 Å². The Labute approximate surface area is 175 Å². The van der Waals surface area contributed by atoms with Crippen LogP contribution in [-0.2, 0) is 13.5 Å². The number of carbonyl (C=O) groups excluding carboxylic acids is 1. The van der Waals surface area contributed by atoms with E-state index in [2.05, 4.69) is 9.88 Å². The molecular weight excluding hydrogens is 375 g/mol. The molecule has 0 aliphatic rings. The fourth-order valence-corrected chi connectivity index (χ4v) is 3.94. The predicted molar refractivity (Wildman–Crippen MR) is 120 cm³/mol. The van der Waals surface area contributed by atoms with Gasteiger partial charge in [-0.1, -0.05) is 55.5 Å². The Bertz CT molecular complexity index is 1160. The van der Waals surface area contributed by atoms with Crippen LogP contribution in [0, 0.1) is 5.82 Å². The molecule has 0 aliphatic carbocycles. The highest BCUT2D eigenvalue weighted by Gasteiger charge is 2.27. The van der Waals surface area contributed by atoms with E-state index in [1.807, 2.05) is 74.6 Å². The van der Waals surface area contributed by atoms with Gasteiger partial charge in [-0.25, -0.2) is 4.39 Å². The first-order valence-electron chi connectivity index (χ1n) is 9.99. The van der Waals surface area contributed by atoms with E-state index in [-0.39, 0.29) is 11.7 Å². The molecule has 0 radical (unpaired) electrons. The van der Waals surface area contributed by atoms with Gasteiger partial charge in [-0.2, -0.15) is 0 Å². The number of rotatable bonds is 5. The largest absolute Gasteiger partial charge is 0.346 e. The summed E-state index contributed by atoms with van der Waals surface area (Å²) in [6.45, 7) is 2.04. The van der Waals surface area contributed by atoms with Crippen LogP contribution in [0.3, 0.4) is 0 Å². The number of aromatic nitrogens is 1. The van der Waals surface area contributed by atoms with Gasteiger partial charge in [0.15, 0.2) is 0 Å². The van der Waals surface area contributed by atoms with Gasteiger partial charge in [0.05, 0.1) is 11.3 Å². The third-order valence-electron chi connectivity index (χ3n) is 5.29. The summed E-state index contributed by atoms with van der Waals surface area (Å²) >= 11 is 0. The Morgan fingerprint density at radius 3 is 2.07 bits per heavy atom. The number of para-hydroxylation sites is 1. The maximum Gasteiger partial charge on any atom is 0.258 e. The van der Waals surface area contributed by atoms with Crippen molar-refractivity contribution >= 4 is 11.6 Å². The predicted octanol–water partition coefficient (Wildman–Crippen LogP) is 6.31. The summed E-state index contributed by atoms with van der Waals surface area (Å²) in [4.78, 5) is 13.5. The molecule has 1 heterocycles. The molecule has 0 fully saturated rings. The van der Waals surface area contributed by atoms with Gasteiger partial charge >= 0.3 is 0 Å². The minimum Gasteiger partial charge on any atom is -0.346 e. The lowest BCUT2D eigenvalue weighted by Crippen LogP contribution is -2.14. The van der Waals surface area contributed by atoms with Crippen LogP contribution in [0.25, 0.3) is 22.4 Å².